The van der Waals surface area contributed by atoms with Crippen LogP contribution in [0.15, 0.2) is 67.0 Å². The standard InChI is InChI=1S/C24H21F4N3S/c25-22-16-19(15-21(17-22)20-7-9-29-10-8-20)2-1-18-3-5-23(6-4-18)30-11-13-31(14-12-30)32-24(26,27)28/h1-10,15-17H,11-14H2. The second kappa shape index (κ2) is 9.75. The molecule has 0 N–H and O–H groups in total. The summed E-state index contributed by atoms with van der Waals surface area (Å²) in [5.41, 5.74) is 0.118. The van der Waals surface area contributed by atoms with Gasteiger partial charge in [0.25, 0.3) is 0 Å². The van der Waals surface area contributed by atoms with Crippen LogP contribution in [0.3, 0.4) is 0 Å². The molecule has 2 heterocycles. The zero-order valence-electron chi connectivity index (χ0n) is 17.1. The third-order valence-corrected chi connectivity index (χ3v) is 5.96. The molecule has 0 atom stereocenters. The molecule has 1 aliphatic rings. The Balaban J connectivity index is 1.40. The molecule has 32 heavy (non-hydrogen) atoms. The van der Waals surface area contributed by atoms with Crippen molar-refractivity contribution in [1.82, 2.24) is 9.29 Å². The van der Waals surface area contributed by atoms with Crippen LogP contribution in [0.1, 0.15) is 11.1 Å². The van der Waals surface area contributed by atoms with Crippen molar-refractivity contribution in [3.63, 3.8) is 0 Å². The maximum atomic E-state index is 14.1. The van der Waals surface area contributed by atoms with Gasteiger partial charge in [0, 0.05) is 56.2 Å². The molecule has 3 nitrogen and oxygen atoms in total. The highest BCUT2D eigenvalue weighted by molar-refractivity contribution is 7.97. The van der Waals surface area contributed by atoms with Gasteiger partial charge >= 0.3 is 5.51 Å². The van der Waals surface area contributed by atoms with Crippen molar-refractivity contribution >= 4 is 29.8 Å². The number of benzene rings is 2. The number of hydrogen-bond acceptors (Lipinski definition) is 4. The van der Waals surface area contributed by atoms with E-state index in [1.807, 2.05) is 54.6 Å². The van der Waals surface area contributed by atoms with Crippen molar-refractivity contribution in [3.8, 4) is 11.1 Å². The Bertz CT molecular complexity index is 1060. The molecule has 0 saturated carbocycles. The first-order valence-electron chi connectivity index (χ1n) is 10.1. The van der Waals surface area contributed by atoms with E-state index in [1.165, 1.54) is 16.4 Å². The molecule has 0 spiro atoms. The molecule has 3 aromatic rings. The van der Waals surface area contributed by atoms with Gasteiger partial charge in [0.1, 0.15) is 5.82 Å². The van der Waals surface area contributed by atoms with Gasteiger partial charge in [0.05, 0.1) is 0 Å². The molecule has 4 rings (SSSR count). The Morgan fingerprint density at radius 1 is 0.781 bits per heavy atom. The molecule has 0 unspecified atom stereocenters. The van der Waals surface area contributed by atoms with Crippen LogP contribution in [0.5, 0.6) is 0 Å². The molecule has 2 aromatic carbocycles. The second-order valence-corrected chi connectivity index (χ2v) is 8.55. The number of rotatable bonds is 5. The first-order valence-corrected chi connectivity index (χ1v) is 10.9. The van der Waals surface area contributed by atoms with Gasteiger partial charge in [-0.25, -0.2) is 8.70 Å². The van der Waals surface area contributed by atoms with Gasteiger partial charge < -0.3 is 4.90 Å². The normalized spacial score (nSPS) is 15.4. The summed E-state index contributed by atoms with van der Waals surface area (Å²) in [7, 11) is 0. The lowest BCUT2D eigenvalue weighted by Gasteiger charge is -2.35. The first-order chi connectivity index (χ1) is 15.4. The predicted octanol–water partition coefficient (Wildman–Crippen LogP) is 6.35. The van der Waals surface area contributed by atoms with Gasteiger partial charge in [-0.15, -0.1) is 0 Å². The lowest BCUT2D eigenvalue weighted by atomic mass is 10.0. The van der Waals surface area contributed by atoms with Gasteiger partial charge in [0.2, 0.25) is 0 Å². The number of hydrogen-bond donors (Lipinski definition) is 0. The third kappa shape index (κ3) is 6.11. The van der Waals surface area contributed by atoms with Crippen LogP contribution in [0, 0.1) is 5.82 Å². The molecule has 0 radical (unpaired) electrons. The fraction of sp³-hybridized carbons (Fsp3) is 0.208. The minimum absolute atomic E-state index is 0.0499. The highest BCUT2D eigenvalue weighted by Crippen LogP contribution is 2.34. The van der Waals surface area contributed by atoms with E-state index in [-0.39, 0.29) is 17.8 Å². The Hall–Kier alpha value is -2.84. The SMILES string of the molecule is Fc1cc(C=Cc2ccc(N3CCN(SC(F)(F)F)CC3)cc2)cc(-c2ccncc2)c1. The molecule has 1 aromatic heterocycles. The average molecular weight is 460 g/mol. The number of aromatic nitrogens is 1. The summed E-state index contributed by atoms with van der Waals surface area (Å²) in [5.74, 6) is -0.308. The molecule has 1 fully saturated rings. The van der Waals surface area contributed by atoms with E-state index in [2.05, 4.69) is 9.88 Å². The maximum Gasteiger partial charge on any atom is 0.456 e. The summed E-state index contributed by atoms with van der Waals surface area (Å²) in [5, 5.41) is 0. The van der Waals surface area contributed by atoms with Crippen LogP contribution in [0.2, 0.25) is 0 Å². The lowest BCUT2D eigenvalue weighted by molar-refractivity contribution is -0.0363. The van der Waals surface area contributed by atoms with Crippen LogP contribution >= 0.6 is 11.9 Å². The van der Waals surface area contributed by atoms with Crippen LogP contribution in [0.4, 0.5) is 23.2 Å². The molecule has 0 amide bonds. The van der Waals surface area contributed by atoms with Crippen molar-refractivity contribution in [3.05, 3.63) is 83.9 Å². The number of anilines is 1. The molecule has 1 saturated heterocycles. The van der Waals surface area contributed by atoms with Crippen LogP contribution < -0.4 is 4.90 Å². The summed E-state index contributed by atoms with van der Waals surface area (Å²) >= 11 is -0.0499. The van der Waals surface area contributed by atoms with Gasteiger partial charge in [-0.3, -0.25) is 4.98 Å². The summed E-state index contributed by atoms with van der Waals surface area (Å²) < 4.78 is 53.0. The average Bonchev–Trinajstić information content (AvgIpc) is 2.78. The summed E-state index contributed by atoms with van der Waals surface area (Å²) in [6.07, 6.45) is 7.11. The number of piperazine rings is 1. The number of pyridine rings is 1. The van der Waals surface area contributed by atoms with Crippen molar-refractivity contribution in [2.75, 3.05) is 31.1 Å². The van der Waals surface area contributed by atoms with Crippen molar-refractivity contribution in [2.24, 2.45) is 0 Å². The molecule has 0 bridgehead atoms. The smallest absolute Gasteiger partial charge is 0.369 e. The van der Waals surface area contributed by atoms with Crippen LogP contribution in [-0.2, 0) is 0 Å². The Morgan fingerprint density at radius 2 is 1.44 bits per heavy atom. The van der Waals surface area contributed by atoms with Gasteiger partial charge in [-0.05, 0) is 64.7 Å². The van der Waals surface area contributed by atoms with Gasteiger partial charge in [0.15, 0.2) is 0 Å². The van der Waals surface area contributed by atoms with E-state index in [4.69, 9.17) is 0 Å². The van der Waals surface area contributed by atoms with Gasteiger partial charge in [-0.2, -0.15) is 13.2 Å². The van der Waals surface area contributed by atoms with Crippen LogP contribution in [0.25, 0.3) is 23.3 Å². The van der Waals surface area contributed by atoms with Crippen molar-refractivity contribution in [1.29, 1.82) is 0 Å². The molecule has 8 heteroatoms. The second-order valence-electron chi connectivity index (χ2n) is 7.39. The fourth-order valence-electron chi connectivity index (χ4n) is 3.59. The lowest BCUT2D eigenvalue weighted by Crippen LogP contribution is -2.44. The topological polar surface area (TPSA) is 19.4 Å². The number of nitrogens with zero attached hydrogens (tertiary/aromatic N) is 3. The summed E-state index contributed by atoms with van der Waals surface area (Å²) in [6.45, 7) is 1.79. The Labute approximate surface area is 188 Å². The highest BCUT2D eigenvalue weighted by atomic mass is 32.2. The summed E-state index contributed by atoms with van der Waals surface area (Å²) in [4.78, 5) is 6.07. The Morgan fingerprint density at radius 3 is 2.09 bits per heavy atom. The monoisotopic (exact) mass is 459 g/mol. The quantitative estimate of drug-likeness (QED) is 0.252. The first kappa shape index (κ1) is 22.4. The highest BCUT2D eigenvalue weighted by Gasteiger charge is 2.33. The van der Waals surface area contributed by atoms with Crippen LogP contribution in [-0.4, -0.2) is 41.0 Å². The number of alkyl halides is 3. The minimum atomic E-state index is -4.24. The van der Waals surface area contributed by atoms with E-state index in [9.17, 15) is 17.6 Å². The van der Waals surface area contributed by atoms with E-state index in [1.54, 1.807) is 12.4 Å². The molecule has 0 aliphatic carbocycles. The van der Waals surface area contributed by atoms with E-state index in [0.29, 0.717) is 26.2 Å². The van der Waals surface area contributed by atoms with E-state index >= 15 is 0 Å². The number of halogens is 4. The van der Waals surface area contributed by atoms with Crippen molar-refractivity contribution < 1.29 is 17.6 Å². The largest absolute Gasteiger partial charge is 0.456 e. The van der Waals surface area contributed by atoms with E-state index < -0.39 is 5.51 Å². The molecular weight excluding hydrogens is 438 g/mol. The maximum absolute atomic E-state index is 14.1. The third-order valence-electron chi connectivity index (χ3n) is 5.13. The molecule has 1 aliphatic heterocycles. The summed E-state index contributed by atoms with van der Waals surface area (Å²) in [6, 6.07) is 16.4. The minimum Gasteiger partial charge on any atom is -0.369 e. The van der Waals surface area contributed by atoms with Crippen molar-refractivity contribution in [2.45, 2.75) is 5.51 Å². The molecular formula is C24H21F4N3S. The zero-order chi connectivity index (χ0) is 22.6. The fourth-order valence-corrected chi connectivity index (χ4v) is 4.23. The zero-order valence-corrected chi connectivity index (χ0v) is 17.9. The predicted molar refractivity (Wildman–Crippen MR) is 122 cm³/mol. The van der Waals surface area contributed by atoms with E-state index in [0.717, 1.165) is 27.9 Å². The van der Waals surface area contributed by atoms with Gasteiger partial charge in [-0.1, -0.05) is 24.3 Å². The Kier molecular flexibility index (Phi) is 6.81. The molecule has 166 valence electrons.